The van der Waals surface area contributed by atoms with Crippen molar-refractivity contribution in [1.82, 2.24) is 0 Å². The predicted octanol–water partition coefficient (Wildman–Crippen LogP) is 2.94. The fourth-order valence-electron chi connectivity index (χ4n) is 2.84. The minimum Gasteiger partial charge on any atom is -0.512 e. The lowest BCUT2D eigenvalue weighted by molar-refractivity contribution is -0.152. The Morgan fingerprint density at radius 1 is 1.07 bits per heavy atom. The molecule has 0 saturated heterocycles. The first-order valence-electron chi connectivity index (χ1n) is 8.66. The Morgan fingerprint density at radius 3 is 2.19 bits per heavy atom. The molecule has 7 heteroatoms. The monoisotopic (exact) mass is 378 g/mol. The minimum absolute atomic E-state index is 0.0734. The van der Waals surface area contributed by atoms with Crippen LogP contribution < -0.4 is 4.74 Å². The molecule has 0 bridgehead atoms. The number of carbonyl (C=O) groups is 3. The molecule has 0 aliphatic heterocycles. The van der Waals surface area contributed by atoms with Crippen LogP contribution in [0.3, 0.4) is 0 Å². The third-order valence-electron chi connectivity index (χ3n) is 3.96. The lowest BCUT2D eigenvalue weighted by Crippen LogP contribution is -2.34. The number of rotatable bonds is 9. The summed E-state index contributed by atoms with van der Waals surface area (Å²) in [6, 6.07) is 6.60. The predicted molar refractivity (Wildman–Crippen MR) is 98.5 cm³/mol. The van der Waals surface area contributed by atoms with Gasteiger partial charge >= 0.3 is 11.9 Å². The summed E-state index contributed by atoms with van der Waals surface area (Å²) in [4.78, 5) is 37.4. The molecule has 7 nitrogen and oxygen atoms in total. The first-order chi connectivity index (χ1) is 12.8. The van der Waals surface area contributed by atoms with Crippen molar-refractivity contribution in [3.8, 4) is 5.75 Å². The number of hydrogen-bond acceptors (Lipinski definition) is 7. The first-order valence-corrected chi connectivity index (χ1v) is 8.66. The fraction of sp³-hybridized carbons (Fsp3) is 0.450. The van der Waals surface area contributed by atoms with E-state index >= 15 is 0 Å². The summed E-state index contributed by atoms with van der Waals surface area (Å²) in [5.74, 6) is -4.34. The van der Waals surface area contributed by atoms with Gasteiger partial charge in [-0.05, 0) is 45.4 Å². The maximum Gasteiger partial charge on any atom is 0.338 e. The van der Waals surface area contributed by atoms with Gasteiger partial charge in [0.05, 0.1) is 25.9 Å². The van der Waals surface area contributed by atoms with Crippen molar-refractivity contribution in [1.29, 1.82) is 0 Å². The summed E-state index contributed by atoms with van der Waals surface area (Å²) < 4.78 is 15.3. The molecule has 0 aromatic heterocycles. The van der Waals surface area contributed by atoms with E-state index in [1.807, 2.05) is 0 Å². The van der Waals surface area contributed by atoms with Gasteiger partial charge in [0, 0.05) is 5.92 Å². The molecule has 148 valence electrons. The minimum atomic E-state index is -1.32. The number of Topliss-reactive ketones (excluding diaryl/α,β-unsaturated/α-hetero) is 1. The van der Waals surface area contributed by atoms with Gasteiger partial charge in [-0.15, -0.1) is 0 Å². The number of carbonyl (C=O) groups excluding carboxylic acids is 3. The molecule has 2 atom stereocenters. The van der Waals surface area contributed by atoms with E-state index in [9.17, 15) is 19.5 Å². The van der Waals surface area contributed by atoms with Gasteiger partial charge in [0.15, 0.2) is 0 Å². The molecule has 0 radical (unpaired) electrons. The maximum atomic E-state index is 12.5. The number of allylic oxidation sites excluding steroid dienone is 1. The number of hydrogen-bond donors (Lipinski definition) is 1. The lowest BCUT2D eigenvalue weighted by Gasteiger charge is -2.26. The molecule has 0 spiro atoms. The molecule has 0 aliphatic carbocycles. The van der Waals surface area contributed by atoms with E-state index in [4.69, 9.17) is 14.2 Å². The number of benzene rings is 1. The van der Waals surface area contributed by atoms with Gasteiger partial charge in [0.2, 0.25) is 0 Å². The Kier molecular flexibility index (Phi) is 8.51. The smallest absolute Gasteiger partial charge is 0.338 e. The number of aliphatic hydroxyl groups excluding tert-OH is 1. The van der Waals surface area contributed by atoms with Crippen molar-refractivity contribution in [2.45, 2.75) is 33.6 Å². The number of esters is 2. The zero-order chi connectivity index (χ0) is 20.6. The van der Waals surface area contributed by atoms with Gasteiger partial charge < -0.3 is 19.3 Å². The average molecular weight is 378 g/mol. The summed E-state index contributed by atoms with van der Waals surface area (Å²) in [5, 5.41) is 10.2. The van der Waals surface area contributed by atoms with Gasteiger partial charge in [-0.3, -0.25) is 9.59 Å². The van der Waals surface area contributed by atoms with Crippen molar-refractivity contribution in [3.63, 3.8) is 0 Å². The quantitative estimate of drug-likeness (QED) is 0.305. The Balaban J connectivity index is 3.68. The number of aliphatic hydroxyl groups is 1. The van der Waals surface area contributed by atoms with Crippen LogP contribution in [-0.4, -0.2) is 43.2 Å². The van der Waals surface area contributed by atoms with Crippen molar-refractivity contribution in [2.24, 2.45) is 5.92 Å². The van der Waals surface area contributed by atoms with Gasteiger partial charge in [-0.25, -0.2) is 4.79 Å². The van der Waals surface area contributed by atoms with Crippen LogP contribution >= 0.6 is 0 Å². The van der Waals surface area contributed by atoms with Gasteiger partial charge in [-0.2, -0.15) is 0 Å². The molecule has 1 N–H and O–H groups in total. The maximum absolute atomic E-state index is 12.5. The zero-order valence-corrected chi connectivity index (χ0v) is 16.3. The molecule has 1 aromatic carbocycles. The second kappa shape index (κ2) is 10.4. The number of methoxy groups -OCH3 is 1. The van der Waals surface area contributed by atoms with Crippen molar-refractivity contribution < 1.29 is 33.7 Å². The summed E-state index contributed by atoms with van der Waals surface area (Å²) >= 11 is 0. The third-order valence-corrected chi connectivity index (χ3v) is 3.96. The second-order valence-corrected chi connectivity index (χ2v) is 5.81. The molecule has 0 aliphatic rings. The normalized spacial score (nSPS) is 13.8. The average Bonchev–Trinajstić information content (AvgIpc) is 2.61. The Labute approximate surface area is 158 Å². The highest BCUT2D eigenvalue weighted by Gasteiger charge is 2.41. The van der Waals surface area contributed by atoms with Crippen LogP contribution in [-0.2, 0) is 23.9 Å². The van der Waals surface area contributed by atoms with Crippen molar-refractivity contribution in [3.05, 3.63) is 41.2 Å². The summed E-state index contributed by atoms with van der Waals surface area (Å²) in [6.45, 7) is 5.94. The van der Waals surface area contributed by atoms with Gasteiger partial charge in [0.1, 0.15) is 23.2 Å². The van der Waals surface area contributed by atoms with Crippen LogP contribution in [0.4, 0.5) is 0 Å². The highest BCUT2D eigenvalue weighted by molar-refractivity contribution is 6.02. The van der Waals surface area contributed by atoms with Crippen LogP contribution in [0.5, 0.6) is 5.75 Å². The zero-order valence-electron chi connectivity index (χ0n) is 16.3. The summed E-state index contributed by atoms with van der Waals surface area (Å²) in [6.07, 6.45) is 0. The lowest BCUT2D eigenvalue weighted by atomic mass is 9.77. The largest absolute Gasteiger partial charge is 0.512 e. The van der Waals surface area contributed by atoms with E-state index in [2.05, 4.69) is 0 Å². The van der Waals surface area contributed by atoms with Crippen LogP contribution in [0.2, 0.25) is 0 Å². The van der Waals surface area contributed by atoms with Gasteiger partial charge in [0.25, 0.3) is 0 Å². The molecule has 27 heavy (non-hydrogen) atoms. The van der Waals surface area contributed by atoms with E-state index in [1.54, 1.807) is 38.1 Å². The van der Waals surface area contributed by atoms with E-state index in [0.29, 0.717) is 11.3 Å². The molecule has 0 heterocycles. The number of ether oxygens (including phenoxy) is 3. The molecular weight excluding hydrogens is 352 g/mol. The highest BCUT2D eigenvalue weighted by atomic mass is 16.5. The molecule has 1 aromatic rings. The second-order valence-electron chi connectivity index (χ2n) is 5.81. The Hall–Kier alpha value is -2.83. The number of ketones is 1. The van der Waals surface area contributed by atoms with Gasteiger partial charge in [-0.1, -0.05) is 12.1 Å². The van der Waals surface area contributed by atoms with Crippen molar-refractivity contribution >= 4 is 17.7 Å². The van der Waals surface area contributed by atoms with Crippen LogP contribution in [0.15, 0.2) is 35.6 Å². The molecule has 1 rings (SSSR count). The fourth-order valence-corrected chi connectivity index (χ4v) is 2.84. The third kappa shape index (κ3) is 5.57. The topological polar surface area (TPSA) is 99.1 Å². The first kappa shape index (κ1) is 22.2. The van der Waals surface area contributed by atoms with E-state index in [1.165, 1.54) is 21.0 Å². The van der Waals surface area contributed by atoms with Crippen LogP contribution in [0, 0.1) is 5.92 Å². The van der Waals surface area contributed by atoms with Crippen LogP contribution in [0.1, 0.15) is 39.2 Å². The highest BCUT2D eigenvalue weighted by Crippen LogP contribution is 2.37. The van der Waals surface area contributed by atoms with Crippen LogP contribution in [0.25, 0.3) is 0 Å². The standard InChI is InChI=1S/C20H26O7/c1-6-26-19(23)16(12(3)21)18(14-9-8-10-15(11-14)25-5)17(13(4)22)20(24)27-7-2/h8-11,16,18,22H,6-7H2,1-5H3. The Bertz CT molecular complexity index is 717. The van der Waals surface area contributed by atoms with Crippen molar-refractivity contribution in [2.75, 3.05) is 20.3 Å². The molecule has 2 unspecified atom stereocenters. The molecule has 0 saturated carbocycles. The van der Waals surface area contributed by atoms with E-state index < -0.39 is 29.6 Å². The summed E-state index contributed by atoms with van der Waals surface area (Å²) in [7, 11) is 1.47. The summed E-state index contributed by atoms with van der Waals surface area (Å²) in [5.41, 5.74) is 0.275. The van der Waals surface area contributed by atoms with E-state index in [0.717, 1.165) is 0 Å². The SMILES string of the molecule is CCOC(=O)C(=C(C)O)C(c1cccc(OC)c1)C(C(C)=O)C(=O)OCC. The molecule has 0 amide bonds. The molecule has 0 fully saturated rings. The molecular formula is C20H26O7. The van der Waals surface area contributed by atoms with E-state index in [-0.39, 0.29) is 24.5 Å². The Morgan fingerprint density at radius 2 is 1.70 bits per heavy atom.